The van der Waals surface area contributed by atoms with E-state index in [-0.39, 0.29) is 11.8 Å². The fourth-order valence-corrected chi connectivity index (χ4v) is 4.69. The molecule has 0 aromatic rings. The third-order valence-corrected chi connectivity index (χ3v) is 6.16. The first-order valence-corrected chi connectivity index (χ1v) is 8.40. The van der Waals surface area contributed by atoms with E-state index < -0.39 is 15.3 Å². The van der Waals surface area contributed by atoms with E-state index in [1.165, 1.54) is 19.3 Å². The van der Waals surface area contributed by atoms with Crippen LogP contribution in [-0.4, -0.2) is 37.6 Å². The van der Waals surface area contributed by atoms with Crippen LogP contribution in [0.5, 0.6) is 0 Å². The second-order valence-corrected chi connectivity index (χ2v) is 7.77. The molecule has 3 unspecified atom stereocenters. The smallest absolute Gasteiger partial charge is 0.226 e. The Balaban J connectivity index is 1.64. The van der Waals surface area contributed by atoms with E-state index in [0.29, 0.717) is 31.3 Å². The molecule has 3 aliphatic rings. The molecule has 1 saturated heterocycles. The fraction of sp³-hybridized carbons (Fsp3) is 0.917. The van der Waals surface area contributed by atoms with Crippen LogP contribution in [-0.2, 0) is 14.8 Å². The highest BCUT2D eigenvalue weighted by Crippen LogP contribution is 2.58. The number of likely N-dealkylation sites (tertiary alicyclic amines) is 1. The number of hydrogen-bond acceptors (Lipinski definition) is 3. The Morgan fingerprint density at radius 1 is 1.11 bits per heavy atom. The summed E-state index contributed by atoms with van der Waals surface area (Å²) in [5.74, 6) is 1.55. The van der Waals surface area contributed by atoms with E-state index in [1.54, 1.807) is 4.90 Å². The lowest BCUT2D eigenvalue weighted by Gasteiger charge is -2.32. The predicted octanol–water partition coefficient (Wildman–Crippen LogP) is 0.312. The number of primary sulfonamides is 1. The van der Waals surface area contributed by atoms with Gasteiger partial charge in [-0.3, -0.25) is 4.79 Å². The Morgan fingerprint density at radius 3 is 2.39 bits per heavy atom. The van der Waals surface area contributed by atoms with Crippen LogP contribution in [0.1, 0.15) is 32.1 Å². The molecule has 3 fully saturated rings. The Bertz CT molecular complexity index is 452. The summed E-state index contributed by atoms with van der Waals surface area (Å²) < 4.78 is 22.8. The number of carbonyl (C=O) groups excluding carboxylic acids is 1. The molecule has 0 bridgehead atoms. The molecule has 0 aromatic carbocycles. The van der Waals surface area contributed by atoms with Crippen molar-refractivity contribution >= 4 is 15.9 Å². The van der Waals surface area contributed by atoms with Crippen LogP contribution in [0.15, 0.2) is 0 Å². The molecule has 0 radical (unpaired) electrons. The number of amides is 1. The molecule has 1 heterocycles. The molecule has 6 heteroatoms. The van der Waals surface area contributed by atoms with Gasteiger partial charge in [0.05, 0.1) is 5.25 Å². The topological polar surface area (TPSA) is 80.5 Å². The van der Waals surface area contributed by atoms with Gasteiger partial charge in [-0.25, -0.2) is 13.6 Å². The highest BCUT2D eigenvalue weighted by atomic mass is 32.2. The molecular weight excluding hydrogens is 252 g/mol. The van der Waals surface area contributed by atoms with E-state index in [0.717, 1.165) is 6.42 Å². The molecule has 2 N–H and O–H groups in total. The van der Waals surface area contributed by atoms with Gasteiger partial charge >= 0.3 is 0 Å². The summed E-state index contributed by atoms with van der Waals surface area (Å²) in [4.78, 5) is 14.1. The van der Waals surface area contributed by atoms with E-state index in [4.69, 9.17) is 5.14 Å². The highest BCUT2D eigenvalue weighted by Gasteiger charge is 2.57. The number of nitrogens with two attached hydrogens (primary N) is 1. The minimum absolute atomic E-state index is 0.179. The maximum absolute atomic E-state index is 12.3. The molecule has 1 aliphatic heterocycles. The standard InChI is InChI=1S/C12H20N2O3S/c13-18(16,17)8-3-2-6-14(7-8)12(15)11-9-4-1-5-10(9)11/h8-11H,1-7H2,(H2,13,16,17). The molecule has 0 spiro atoms. The number of fused-ring (bicyclic) bond motifs is 1. The summed E-state index contributed by atoms with van der Waals surface area (Å²) in [6, 6.07) is 0. The number of carbonyl (C=O) groups is 1. The first kappa shape index (κ1) is 12.4. The molecule has 2 aliphatic carbocycles. The van der Waals surface area contributed by atoms with E-state index in [9.17, 15) is 13.2 Å². The Labute approximate surface area is 108 Å². The van der Waals surface area contributed by atoms with Crippen molar-refractivity contribution in [2.45, 2.75) is 37.4 Å². The third-order valence-electron chi connectivity index (χ3n) is 4.85. The van der Waals surface area contributed by atoms with Crippen molar-refractivity contribution in [1.29, 1.82) is 0 Å². The van der Waals surface area contributed by atoms with Crippen LogP contribution in [0, 0.1) is 17.8 Å². The van der Waals surface area contributed by atoms with Gasteiger partial charge in [0.2, 0.25) is 15.9 Å². The van der Waals surface area contributed by atoms with Gasteiger partial charge in [0.15, 0.2) is 0 Å². The minimum atomic E-state index is -3.51. The summed E-state index contributed by atoms with van der Waals surface area (Å²) in [5.41, 5.74) is 0. The van der Waals surface area contributed by atoms with Crippen molar-refractivity contribution < 1.29 is 13.2 Å². The van der Waals surface area contributed by atoms with Crippen LogP contribution in [0.3, 0.4) is 0 Å². The Kier molecular flexibility index (Phi) is 2.90. The quantitative estimate of drug-likeness (QED) is 0.785. The highest BCUT2D eigenvalue weighted by molar-refractivity contribution is 7.89. The molecule has 3 atom stereocenters. The monoisotopic (exact) mass is 272 g/mol. The number of nitrogens with zero attached hydrogens (tertiary/aromatic N) is 1. The van der Waals surface area contributed by atoms with Crippen LogP contribution in [0.25, 0.3) is 0 Å². The molecule has 102 valence electrons. The first-order chi connectivity index (χ1) is 8.48. The van der Waals surface area contributed by atoms with Crippen molar-refractivity contribution in [1.82, 2.24) is 4.90 Å². The summed E-state index contributed by atoms with van der Waals surface area (Å²) >= 11 is 0. The molecular formula is C12H20N2O3S. The van der Waals surface area contributed by atoms with Crippen molar-refractivity contribution in [3.05, 3.63) is 0 Å². The largest absolute Gasteiger partial charge is 0.341 e. The second-order valence-electron chi connectivity index (χ2n) is 5.92. The average Bonchev–Trinajstić information content (AvgIpc) is 2.80. The normalized spacial score (nSPS) is 39.5. The van der Waals surface area contributed by atoms with E-state index in [2.05, 4.69) is 0 Å². The van der Waals surface area contributed by atoms with Crippen LogP contribution in [0.4, 0.5) is 0 Å². The lowest BCUT2D eigenvalue weighted by atomic mass is 10.1. The zero-order valence-corrected chi connectivity index (χ0v) is 11.2. The maximum Gasteiger partial charge on any atom is 0.226 e. The molecule has 0 aromatic heterocycles. The van der Waals surface area contributed by atoms with Gasteiger partial charge in [0.25, 0.3) is 0 Å². The van der Waals surface area contributed by atoms with E-state index >= 15 is 0 Å². The number of rotatable bonds is 2. The van der Waals surface area contributed by atoms with Gasteiger partial charge in [0.1, 0.15) is 0 Å². The lowest BCUT2D eigenvalue weighted by molar-refractivity contribution is -0.134. The summed E-state index contributed by atoms with van der Waals surface area (Å²) in [7, 11) is -3.51. The first-order valence-electron chi connectivity index (χ1n) is 6.79. The SMILES string of the molecule is NS(=O)(=O)C1CCCN(C(=O)C2C3CCCC32)C1. The minimum Gasteiger partial charge on any atom is -0.341 e. The summed E-state index contributed by atoms with van der Waals surface area (Å²) in [6.45, 7) is 0.994. The zero-order chi connectivity index (χ0) is 12.9. The molecule has 3 rings (SSSR count). The van der Waals surface area contributed by atoms with E-state index in [1.807, 2.05) is 0 Å². The lowest BCUT2D eigenvalue weighted by Crippen LogP contribution is -2.47. The Morgan fingerprint density at radius 2 is 1.78 bits per heavy atom. The fourth-order valence-electron chi connectivity index (χ4n) is 3.81. The molecule has 1 amide bonds. The summed E-state index contributed by atoms with van der Waals surface area (Å²) in [5, 5.41) is 4.63. The molecule has 5 nitrogen and oxygen atoms in total. The van der Waals surface area contributed by atoms with Crippen molar-refractivity contribution in [3.63, 3.8) is 0 Å². The summed E-state index contributed by atoms with van der Waals surface area (Å²) in [6.07, 6.45) is 4.93. The van der Waals surface area contributed by atoms with Crippen molar-refractivity contribution in [2.75, 3.05) is 13.1 Å². The number of piperidine rings is 1. The van der Waals surface area contributed by atoms with Gasteiger partial charge < -0.3 is 4.90 Å². The van der Waals surface area contributed by atoms with Crippen molar-refractivity contribution in [3.8, 4) is 0 Å². The average molecular weight is 272 g/mol. The Hall–Kier alpha value is -0.620. The van der Waals surface area contributed by atoms with Gasteiger partial charge in [-0.1, -0.05) is 6.42 Å². The van der Waals surface area contributed by atoms with Gasteiger partial charge in [-0.15, -0.1) is 0 Å². The van der Waals surface area contributed by atoms with Crippen LogP contribution < -0.4 is 5.14 Å². The second kappa shape index (κ2) is 4.20. The maximum atomic E-state index is 12.3. The zero-order valence-electron chi connectivity index (χ0n) is 10.4. The number of sulfonamides is 1. The van der Waals surface area contributed by atoms with Gasteiger partial charge in [0, 0.05) is 19.0 Å². The van der Waals surface area contributed by atoms with Crippen LogP contribution in [0.2, 0.25) is 0 Å². The van der Waals surface area contributed by atoms with Crippen molar-refractivity contribution in [2.24, 2.45) is 22.9 Å². The van der Waals surface area contributed by atoms with Crippen LogP contribution >= 0.6 is 0 Å². The predicted molar refractivity (Wildman–Crippen MR) is 67.0 cm³/mol. The molecule has 18 heavy (non-hydrogen) atoms. The van der Waals surface area contributed by atoms with Gasteiger partial charge in [-0.2, -0.15) is 0 Å². The number of hydrogen-bond donors (Lipinski definition) is 1. The molecule has 2 saturated carbocycles. The van der Waals surface area contributed by atoms with Gasteiger partial charge in [-0.05, 0) is 37.5 Å². The third kappa shape index (κ3) is 2.05.